The molecule has 1 amide bonds. The summed E-state index contributed by atoms with van der Waals surface area (Å²) in [6.45, 7) is 0. The van der Waals surface area contributed by atoms with Crippen LogP contribution in [0, 0.1) is 0 Å². The molecule has 0 radical (unpaired) electrons. The van der Waals surface area contributed by atoms with Crippen molar-refractivity contribution in [2.45, 2.75) is 12.2 Å². The van der Waals surface area contributed by atoms with Gasteiger partial charge in [-0.05, 0) is 24.0 Å². The molecule has 1 rings (SSSR count). The second-order valence-corrected chi connectivity index (χ2v) is 6.40. The lowest BCUT2D eigenvalue weighted by atomic mass is 10.2. The number of sulfonamides is 1. The summed E-state index contributed by atoms with van der Waals surface area (Å²) in [7, 11) is -3.52. The highest BCUT2D eigenvalue weighted by Crippen LogP contribution is 2.11. The first-order valence-corrected chi connectivity index (χ1v) is 8.40. The van der Waals surface area contributed by atoms with E-state index in [2.05, 4.69) is 5.32 Å². The van der Waals surface area contributed by atoms with Gasteiger partial charge in [0.15, 0.2) is 0 Å². The Morgan fingerprint density at radius 1 is 1.33 bits per heavy atom. The highest BCUT2D eigenvalue weighted by atomic mass is 32.2. The summed E-state index contributed by atoms with van der Waals surface area (Å²) >= 11 is 1.61. The van der Waals surface area contributed by atoms with Crippen molar-refractivity contribution in [2.24, 2.45) is 5.14 Å². The summed E-state index contributed by atoms with van der Waals surface area (Å²) in [5.74, 6) is 0.520. The average molecular weight is 288 g/mol. The molecule has 100 valence electrons. The molecule has 0 aliphatic carbocycles. The first-order chi connectivity index (χ1) is 8.40. The van der Waals surface area contributed by atoms with E-state index in [1.165, 1.54) is 0 Å². The van der Waals surface area contributed by atoms with Crippen molar-refractivity contribution < 1.29 is 13.2 Å². The minimum absolute atomic E-state index is 0.0523. The van der Waals surface area contributed by atoms with E-state index in [0.717, 1.165) is 5.75 Å². The lowest BCUT2D eigenvalue weighted by Gasteiger charge is -2.05. The Hall–Kier alpha value is -1.05. The van der Waals surface area contributed by atoms with Crippen LogP contribution in [0.4, 0.5) is 5.69 Å². The molecule has 0 unspecified atom stereocenters. The van der Waals surface area contributed by atoms with Crippen molar-refractivity contribution in [1.29, 1.82) is 0 Å². The van der Waals surface area contributed by atoms with Gasteiger partial charge in [-0.25, -0.2) is 13.6 Å². The molecule has 5 nitrogen and oxygen atoms in total. The summed E-state index contributed by atoms with van der Waals surface area (Å²) in [5.41, 5.74) is 1.25. The summed E-state index contributed by atoms with van der Waals surface area (Å²) in [6, 6.07) is 6.60. The summed E-state index contributed by atoms with van der Waals surface area (Å²) in [4.78, 5) is 11.4. The van der Waals surface area contributed by atoms with Crippen molar-refractivity contribution in [3.8, 4) is 0 Å². The van der Waals surface area contributed by atoms with Gasteiger partial charge < -0.3 is 5.32 Å². The lowest BCUT2D eigenvalue weighted by Crippen LogP contribution is -2.15. The SMILES string of the molecule is CSCCC(=O)Nc1ccc(CS(N)(=O)=O)cc1. The fourth-order valence-corrected chi connectivity index (χ4v) is 2.38. The van der Waals surface area contributed by atoms with Gasteiger partial charge in [-0.2, -0.15) is 11.8 Å². The van der Waals surface area contributed by atoms with Gasteiger partial charge in [0, 0.05) is 17.9 Å². The molecular formula is C11H16N2O3S2. The molecule has 0 spiro atoms. The number of carbonyl (C=O) groups is 1. The van der Waals surface area contributed by atoms with E-state index in [1.54, 1.807) is 36.0 Å². The number of nitrogens with two attached hydrogens (primary N) is 1. The smallest absolute Gasteiger partial charge is 0.225 e. The Kier molecular flexibility index (Phi) is 5.64. The predicted octanol–water partition coefficient (Wildman–Crippen LogP) is 1.17. The first-order valence-electron chi connectivity index (χ1n) is 5.29. The van der Waals surface area contributed by atoms with Crippen LogP contribution in [0.5, 0.6) is 0 Å². The number of carbonyl (C=O) groups excluding carboxylic acids is 1. The third kappa shape index (κ3) is 6.04. The van der Waals surface area contributed by atoms with E-state index in [1.807, 2.05) is 6.26 Å². The minimum atomic E-state index is -3.52. The Balaban J connectivity index is 2.58. The van der Waals surface area contributed by atoms with Crippen molar-refractivity contribution in [1.82, 2.24) is 0 Å². The highest BCUT2D eigenvalue weighted by molar-refractivity contribution is 7.98. The predicted molar refractivity (Wildman–Crippen MR) is 74.9 cm³/mol. The molecule has 0 saturated carbocycles. The van der Waals surface area contributed by atoms with Gasteiger partial charge in [-0.15, -0.1) is 0 Å². The van der Waals surface area contributed by atoms with Gasteiger partial charge in [0.05, 0.1) is 5.75 Å². The van der Waals surface area contributed by atoms with E-state index in [9.17, 15) is 13.2 Å². The molecule has 7 heteroatoms. The maximum atomic E-state index is 11.4. The number of thioether (sulfide) groups is 1. The van der Waals surface area contributed by atoms with Crippen LogP contribution < -0.4 is 10.5 Å². The summed E-state index contributed by atoms with van der Waals surface area (Å²) < 4.78 is 21.8. The normalized spacial score (nSPS) is 11.2. The van der Waals surface area contributed by atoms with Gasteiger partial charge in [0.1, 0.15) is 0 Å². The lowest BCUT2D eigenvalue weighted by molar-refractivity contribution is -0.115. The maximum absolute atomic E-state index is 11.4. The Labute approximate surface area is 111 Å². The topological polar surface area (TPSA) is 89.3 Å². The summed E-state index contributed by atoms with van der Waals surface area (Å²) in [6.07, 6.45) is 2.40. The quantitative estimate of drug-likeness (QED) is 0.822. The second-order valence-electron chi connectivity index (χ2n) is 3.80. The number of hydrogen-bond acceptors (Lipinski definition) is 4. The fraction of sp³-hybridized carbons (Fsp3) is 0.364. The minimum Gasteiger partial charge on any atom is -0.326 e. The van der Waals surface area contributed by atoms with Crippen LogP contribution >= 0.6 is 11.8 Å². The van der Waals surface area contributed by atoms with E-state index in [0.29, 0.717) is 17.7 Å². The third-order valence-corrected chi connectivity index (χ3v) is 3.49. The van der Waals surface area contributed by atoms with Crippen LogP contribution in [-0.2, 0) is 20.6 Å². The van der Waals surface area contributed by atoms with Gasteiger partial charge in [-0.1, -0.05) is 12.1 Å². The molecule has 0 fully saturated rings. The van der Waals surface area contributed by atoms with E-state index >= 15 is 0 Å². The zero-order valence-corrected chi connectivity index (χ0v) is 11.7. The number of primary sulfonamides is 1. The number of benzene rings is 1. The third-order valence-electron chi connectivity index (χ3n) is 2.14. The van der Waals surface area contributed by atoms with Crippen LogP contribution in [0.25, 0.3) is 0 Å². The molecule has 18 heavy (non-hydrogen) atoms. The Morgan fingerprint density at radius 3 is 2.44 bits per heavy atom. The molecule has 0 aliphatic rings. The molecule has 0 saturated heterocycles. The van der Waals surface area contributed by atoms with Crippen molar-refractivity contribution in [3.05, 3.63) is 29.8 Å². The molecule has 0 bridgehead atoms. The van der Waals surface area contributed by atoms with E-state index < -0.39 is 10.0 Å². The summed E-state index contributed by atoms with van der Waals surface area (Å²) in [5, 5.41) is 7.68. The number of rotatable bonds is 6. The van der Waals surface area contributed by atoms with Gasteiger partial charge in [-0.3, -0.25) is 4.79 Å². The number of anilines is 1. The van der Waals surface area contributed by atoms with Crippen LogP contribution in [0.1, 0.15) is 12.0 Å². The van der Waals surface area contributed by atoms with Crippen LogP contribution in [-0.4, -0.2) is 26.3 Å². The first kappa shape index (κ1) is 15.0. The molecular weight excluding hydrogens is 272 g/mol. The number of nitrogens with one attached hydrogen (secondary N) is 1. The van der Waals surface area contributed by atoms with Crippen LogP contribution in [0.15, 0.2) is 24.3 Å². The standard InChI is InChI=1S/C11H16N2O3S2/c1-17-7-6-11(14)13-10-4-2-9(3-5-10)8-18(12,15)16/h2-5H,6-8H2,1H3,(H,13,14)(H2,12,15,16). The van der Waals surface area contributed by atoms with Crippen molar-refractivity contribution >= 4 is 33.4 Å². The monoisotopic (exact) mass is 288 g/mol. The molecule has 1 aromatic carbocycles. The Morgan fingerprint density at radius 2 is 1.94 bits per heavy atom. The van der Waals surface area contributed by atoms with Gasteiger partial charge in [0.25, 0.3) is 0 Å². The molecule has 1 aromatic rings. The highest BCUT2D eigenvalue weighted by Gasteiger charge is 2.05. The zero-order chi connectivity index (χ0) is 13.6. The molecule has 0 aromatic heterocycles. The van der Waals surface area contributed by atoms with Gasteiger partial charge >= 0.3 is 0 Å². The Bertz CT molecular complexity index is 498. The van der Waals surface area contributed by atoms with Crippen molar-refractivity contribution in [2.75, 3.05) is 17.3 Å². The number of amides is 1. The average Bonchev–Trinajstić information content (AvgIpc) is 2.27. The fourth-order valence-electron chi connectivity index (χ4n) is 1.33. The van der Waals surface area contributed by atoms with E-state index in [-0.39, 0.29) is 11.7 Å². The second kappa shape index (κ2) is 6.77. The largest absolute Gasteiger partial charge is 0.326 e. The molecule has 3 N–H and O–H groups in total. The van der Waals surface area contributed by atoms with Crippen LogP contribution in [0.3, 0.4) is 0 Å². The maximum Gasteiger partial charge on any atom is 0.225 e. The number of hydrogen-bond donors (Lipinski definition) is 2. The molecule has 0 heterocycles. The van der Waals surface area contributed by atoms with Crippen LogP contribution in [0.2, 0.25) is 0 Å². The van der Waals surface area contributed by atoms with Crippen molar-refractivity contribution in [3.63, 3.8) is 0 Å². The van der Waals surface area contributed by atoms with Gasteiger partial charge in [0.2, 0.25) is 15.9 Å². The molecule has 0 atom stereocenters. The molecule has 0 aliphatic heterocycles. The zero-order valence-electron chi connectivity index (χ0n) is 10.0. The van der Waals surface area contributed by atoms with E-state index in [4.69, 9.17) is 5.14 Å².